The highest BCUT2D eigenvalue weighted by Crippen LogP contribution is 2.23. The van der Waals surface area contributed by atoms with Crippen LogP contribution in [0.5, 0.6) is 0 Å². The van der Waals surface area contributed by atoms with Gasteiger partial charge in [-0.3, -0.25) is 0 Å². The molecule has 2 heterocycles. The number of thiazole rings is 1. The van der Waals surface area contributed by atoms with E-state index in [1.54, 1.807) is 18.4 Å². The summed E-state index contributed by atoms with van der Waals surface area (Å²) in [6.45, 7) is 1.93. The summed E-state index contributed by atoms with van der Waals surface area (Å²) >= 11 is 3.79. The van der Waals surface area contributed by atoms with Crippen LogP contribution in [-0.2, 0) is 11.2 Å². The molecule has 1 unspecified atom stereocenters. The van der Waals surface area contributed by atoms with E-state index in [1.807, 2.05) is 11.8 Å². The molecule has 1 aliphatic heterocycles. The fourth-order valence-corrected chi connectivity index (χ4v) is 3.57. The number of ether oxygens (including phenoxy) is 1. The Kier molecular flexibility index (Phi) is 5.09. The summed E-state index contributed by atoms with van der Waals surface area (Å²) in [5.41, 5.74) is 1.23. The minimum absolute atomic E-state index is 0.464. The zero-order valence-electron chi connectivity index (χ0n) is 9.57. The summed E-state index contributed by atoms with van der Waals surface area (Å²) in [6, 6.07) is 0.464. The molecule has 3 nitrogen and oxygen atoms in total. The zero-order valence-corrected chi connectivity index (χ0v) is 11.2. The van der Waals surface area contributed by atoms with E-state index < -0.39 is 0 Å². The fraction of sp³-hybridized carbons (Fsp3) is 0.727. The molecule has 1 aliphatic rings. The molecule has 1 aromatic rings. The number of hydrogen-bond donors (Lipinski definition) is 1. The molecular formula is C11H18N2OS2. The van der Waals surface area contributed by atoms with Crippen LogP contribution in [0.3, 0.4) is 0 Å². The van der Waals surface area contributed by atoms with Crippen molar-refractivity contribution in [3.8, 4) is 0 Å². The van der Waals surface area contributed by atoms with Crippen LogP contribution in [0.1, 0.15) is 23.2 Å². The summed E-state index contributed by atoms with van der Waals surface area (Å²) in [5.74, 6) is 2.38. The van der Waals surface area contributed by atoms with Crippen molar-refractivity contribution in [2.24, 2.45) is 0 Å². The van der Waals surface area contributed by atoms with Crippen LogP contribution in [0.25, 0.3) is 0 Å². The smallest absolute Gasteiger partial charge is 0.0929 e. The highest BCUT2D eigenvalue weighted by molar-refractivity contribution is 7.99. The lowest BCUT2D eigenvalue weighted by molar-refractivity contribution is 0.195. The molecule has 1 N–H and O–H groups in total. The number of thioether (sulfide) groups is 1. The maximum Gasteiger partial charge on any atom is 0.0929 e. The second kappa shape index (κ2) is 6.59. The molecule has 0 aliphatic carbocycles. The van der Waals surface area contributed by atoms with E-state index in [4.69, 9.17) is 9.72 Å². The molecular weight excluding hydrogens is 240 g/mol. The molecule has 0 spiro atoms. The third-order valence-corrected chi connectivity index (χ3v) is 4.58. The van der Waals surface area contributed by atoms with Gasteiger partial charge in [0.25, 0.3) is 0 Å². The first-order valence-corrected chi connectivity index (χ1v) is 7.68. The normalized spacial score (nSPS) is 21.2. The molecule has 2 rings (SSSR count). The monoisotopic (exact) mass is 258 g/mol. The minimum Gasteiger partial charge on any atom is -0.385 e. The second-order valence-electron chi connectivity index (χ2n) is 3.84. The van der Waals surface area contributed by atoms with Crippen LogP contribution in [0.2, 0.25) is 0 Å². The molecule has 1 saturated heterocycles. The molecule has 90 valence electrons. The van der Waals surface area contributed by atoms with Crippen LogP contribution in [0.15, 0.2) is 5.38 Å². The van der Waals surface area contributed by atoms with E-state index in [0.717, 1.165) is 31.7 Å². The van der Waals surface area contributed by atoms with E-state index in [0.29, 0.717) is 6.04 Å². The Morgan fingerprint density at radius 3 is 3.31 bits per heavy atom. The van der Waals surface area contributed by atoms with Gasteiger partial charge in [-0.15, -0.1) is 11.3 Å². The van der Waals surface area contributed by atoms with E-state index in [1.165, 1.54) is 16.5 Å². The Balaban J connectivity index is 1.85. The van der Waals surface area contributed by atoms with Crippen LogP contribution in [-0.4, -0.2) is 36.8 Å². The number of rotatable bonds is 5. The summed E-state index contributed by atoms with van der Waals surface area (Å²) < 4.78 is 5.05. The maximum absolute atomic E-state index is 5.05. The van der Waals surface area contributed by atoms with Crippen LogP contribution < -0.4 is 5.32 Å². The van der Waals surface area contributed by atoms with Crippen molar-refractivity contribution in [3.05, 3.63) is 16.1 Å². The van der Waals surface area contributed by atoms with Crippen molar-refractivity contribution in [2.75, 3.05) is 31.8 Å². The molecule has 0 saturated carbocycles. The molecule has 0 amide bonds. The summed E-state index contributed by atoms with van der Waals surface area (Å²) in [5, 5.41) is 6.95. The zero-order chi connectivity index (χ0) is 11.2. The van der Waals surface area contributed by atoms with Gasteiger partial charge in [0, 0.05) is 43.6 Å². The standard InChI is InChI=1S/C11H18N2OS2/c1-14-5-2-3-11-13-10(8-16-11)9-7-15-6-4-12-9/h8-9,12H,2-7H2,1H3. The van der Waals surface area contributed by atoms with Gasteiger partial charge in [0.15, 0.2) is 0 Å². The summed E-state index contributed by atoms with van der Waals surface area (Å²) in [7, 11) is 1.75. The number of nitrogens with one attached hydrogen (secondary N) is 1. The largest absolute Gasteiger partial charge is 0.385 e. The second-order valence-corrected chi connectivity index (χ2v) is 5.94. The fourth-order valence-electron chi connectivity index (χ4n) is 1.72. The van der Waals surface area contributed by atoms with E-state index >= 15 is 0 Å². The molecule has 1 atom stereocenters. The summed E-state index contributed by atoms with van der Waals surface area (Å²) in [4.78, 5) is 4.69. The van der Waals surface area contributed by atoms with Gasteiger partial charge in [0.05, 0.1) is 16.7 Å². The van der Waals surface area contributed by atoms with Crippen LogP contribution >= 0.6 is 23.1 Å². The molecule has 0 bridgehead atoms. The number of aromatic nitrogens is 1. The lowest BCUT2D eigenvalue weighted by Gasteiger charge is -2.21. The molecule has 16 heavy (non-hydrogen) atoms. The number of hydrogen-bond acceptors (Lipinski definition) is 5. The van der Waals surface area contributed by atoms with Crippen LogP contribution in [0.4, 0.5) is 0 Å². The van der Waals surface area contributed by atoms with Crippen molar-refractivity contribution in [2.45, 2.75) is 18.9 Å². The van der Waals surface area contributed by atoms with Gasteiger partial charge in [-0.2, -0.15) is 11.8 Å². The summed E-state index contributed by atoms with van der Waals surface area (Å²) in [6.07, 6.45) is 2.11. The Morgan fingerprint density at radius 1 is 1.62 bits per heavy atom. The maximum atomic E-state index is 5.05. The van der Waals surface area contributed by atoms with Gasteiger partial charge in [0.1, 0.15) is 0 Å². The Labute approximate surface area is 105 Å². The van der Waals surface area contributed by atoms with Crippen molar-refractivity contribution in [1.29, 1.82) is 0 Å². The Bertz CT molecular complexity index is 311. The minimum atomic E-state index is 0.464. The first-order valence-electron chi connectivity index (χ1n) is 5.64. The van der Waals surface area contributed by atoms with Gasteiger partial charge < -0.3 is 10.1 Å². The van der Waals surface area contributed by atoms with Gasteiger partial charge in [-0.05, 0) is 6.42 Å². The Morgan fingerprint density at radius 2 is 2.56 bits per heavy atom. The highest BCUT2D eigenvalue weighted by Gasteiger charge is 2.17. The van der Waals surface area contributed by atoms with Gasteiger partial charge in [0.2, 0.25) is 0 Å². The Hall–Kier alpha value is -0.100. The average molecular weight is 258 g/mol. The van der Waals surface area contributed by atoms with Crippen molar-refractivity contribution >= 4 is 23.1 Å². The third-order valence-electron chi connectivity index (χ3n) is 2.59. The topological polar surface area (TPSA) is 34.1 Å². The third kappa shape index (κ3) is 3.45. The molecule has 0 radical (unpaired) electrons. The molecule has 1 aromatic heterocycles. The quantitative estimate of drug-likeness (QED) is 0.820. The van der Waals surface area contributed by atoms with Crippen molar-refractivity contribution < 1.29 is 4.74 Å². The SMILES string of the molecule is COCCCc1nc(C2CSCCN2)cs1. The average Bonchev–Trinajstić information content (AvgIpc) is 2.79. The van der Waals surface area contributed by atoms with Gasteiger partial charge in [-0.1, -0.05) is 0 Å². The number of methoxy groups -OCH3 is 1. The first-order chi connectivity index (χ1) is 7.90. The van der Waals surface area contributed by atoms with E-state index in [9.17, 15) is 0 Å². The molecule has 5 heteroatoms. The van der Waals surface area contributed by atoms with Gasteiger partial charge >= 0.3 is 0 Å². The lowest BCUT2D eigenvalue weighted by atomic mass is 10.2. The first kappa shape index (κ1) is 12.4. The highest BCUT2D eigenvalue weighted by atomic mass is 32.2. The molecule has 0 aromatic carbocycles. The predicted octanol–water partition coefficient (Wildman–Crippen LogP) is 2.10. The number of aryl methyl sites for hydroxylation is 1. The lowest BCUT2D eigenvalue weighted by Crippen LogP contribution is -2.30. The molecule has 1 fully saturated rings. The van der Waals surface area contributed by atoms with E-state index in [-0.39, 0.29) is 0 Å². The van der Waals surface area contributed by atoms with Gasteiger partial charge in [-0.25, -0.2) is 4.98 Å². The van der Waals surface area contributed by atoms with E-state index in [2.05, 4.69) is 10.7 Å². The van der Waals surface area contributed by atoms with Crippen LogP contribution in [0, 0.1) is 0 Å². The predicted molar refractivity (Wildman–Crippen MR) is 70.4 cm³/mol. The van der Waals surface area contributed by atoms with Crippen molar-refractivity contribution in [1.82, 2.24) is 10.3 Å². The van der Waals surface area contributed by atoms with Crippen molar-refractivity contribution in [3.63, 3.8) is 0 Å². The number of nitrogens with zero attached hydrogens (tertiary/aromatic N) is 1.